The molecule has 1 unspecified atom stereocenters. The Morgan fingerprint density at radius 1 is 1.19 bits per heavy atom. The number of carbonyl (C=O) groups excluding carboxylic acids is 1. The van der Waals surface area contributed by atoms with Gasteiger partial charge in [0.15, 0.2) is 0 Å². The summed E-state index contributed by atoms with van der Waals surface area (Å²) in [7, 11) is 3.58. The summed E-state index contributed by atoms with van der Waals surface area (Å²) in [6.07, 6.45) is 8.48. The summed E-state index contributed by atoms with van der Waals surface area (Å²) in [6, 6.07) is 3.81. The lowest BCUT2D eigenvalue weighted by Gasteiger charge is -2.19. The Morgan fingerprint density at radius 2 is 1.93 bits per heavy atom. The summed E-state index contributed by atoms with van der Waals surface area (Å²) in [4.78, 5) is 23.1. The fourth-order valence-corrected chi connectivity index (χ4v) is 3.64. The first kappa shape index (κ1) is 19.1. The van der Waals surface area contributed by atoms with Crippen LogP contribution in [0.2, 0.25) is 0 Å². The molecule has 3 aromatic rings. The van der Waals surface area contributed by atoms with Gasteiger partial charge in [-0.25, -0.2) is 0 Å². The van der Waals surface area contributed by atoms with E-state index in [0.29, 0.717) is 5.92 Å². The molecule has 3 heterocycles. The van der Waals surface area contributed by atoms with Crippen molar-refractivity contribution in [1.82, 2.24) is 19.4 Å². The third-order valence-corrected chi connectivity index (χ3v) is 5.22. The smallest absolute Gasteiger partial charge is 0.244 e. The molecule has 0 aromatic carbocycles. The number of likely N-dealkylation sites (N-methyl/N-ethyl adjacent to an activating group) is 1. The molecule has 3 aromatic heterocycles. The number of pyridine rings is 2. The van der Waals surface area contributed by atoms with Crippen LogP contribution in [0.5, 0.6) is 0 Å². The fourth-order valence-electron chi connectivity index (χ4n) is 3.64. The van der Waals surface area contributed by atoms with Crippen LogP contribution in [0.3, 0.4) is 0 Å². The van der Waals surface area contributed by atoms with Gasteiger partial charge >= 0.3 is 0 Å². The molecule has 142 valence electrons. The molecule has 5 heteroatoms. The van der Waals surface area contributed by atoms with Gasteiger partial charge in [0.1, 0.15) is 6.04 Å². The van der Waals surface area contributed by atoms with E-state index in [9.17, 15) is 4.79 Å². The van der Waals surface area contributed by atoms with Crippen LogP contribution in [0.4, 0.5) is 0 Å². The normalized spacial score (nSPS) is 12.6. The van der Waals surface area contributed by atoms with Gasteiger partial charge in [0.05, 0.1) is 11.2 Å². The molecular weight excluding hydrogens is 336 g/mol. The molecule has 5 nitrogen and oxygen atoms in total. The maximum Gasteiger partial charge on any atom is 0.244 e. The first-order chi connectivity index (χ1) is 12.8. The minimum Gasteiger partial charge on any atom is -0.347 e. The van der Waals surface area contributed by atoms with Crippen LogP contribution in [0.25, 0.3) is 10.9 Å². The van der Waals surface area contributed by atoms with E-state index in [1.165, 1.54) is 16.7 Å². The number of fused-ring (bicyclic) bond motifs is 1. The fraction of sp³-hybridized carbons (Fsp3) is 0.409. The number of hydrogen-bond donors (Lipinski definition) is 0. The van der Waals surface area contributed by atoms with Gasteiger partial charge in [0.2, 0.25) is 5.91 Å². The lowest BCUT2D eigenvalue weighted by molar-refractivity contribution is -0.131. The molecule has 1 atom stereocenters. The van der Waals surface area contributed by atoms with Gasteiger partial charge in [-0.3, -0.25) is 14.8 Å². The summed E-state index contributed by atoms with van der Waals surface area (Å²) < 4.78 is 2.03. The average molecular weight is 364 g/mol. The molecule has 0 aliphatic heterocycles. The van der Waals surface area contributed by atoms with Crippen LogP contribution >= 0.6 is 0 Å². The molecule has 1 amide bonds. The van der Waals surface area contributed by atoms with Crippen LogP contribution in [-0.4, -0.2) is 39.4 Å². The molecule has 0 aliphatic rings. The third-order valence-electron chi connectivity index (χ3n) is 5.22. The molecule has 0 radical (unpaired) electrons. The summed E-state index contributed by atoms with van der Waals surface area (Å²) in [6.45, 7) is 8.43. The highest BCUT2D eigenvalue weighted by atomic mass is 16.2. The third kappa shape index (κ3) is 3.59. The minimum atomic E-state index is -0.248. The monoisotopic (exact) mass is 364 g/mol. The molecular formula is C22H28N4O. The number of aryl methyl sites for hydroxylation is 1. The van der Waals surface area contributed by atoms with Crippen molar-refractivity contribution in [2.45, 2.75) is 46.1 Å². The Morgan fingerprint density at radius 3 is 2.59 bits per heavy atom. The highest BCUT2D eigenvalue weighted by molar-refractivity contribution is 5.86. The summed E-state index contributed by atoms with van der Waals surface area (Å²) in [5, 5.41) is 1.10. The quantitative estimate of drug-likeness (QED) is 0.685. The van der Waals surface area contributed by atoms with E-state index in [1.807, 2.05) is 42.3 Å². The van der Waals surface area contributed by atoms with Crippen LogP contribution < -0.4 is 0 Å². The van der Waals surface area contributed by atoms with E-state index in [0.717, 1.165) is 23.0 Å². The highest BCUT2D eigenvalue weighted by Crippen LogP contribution is 2.28. The highest BCUT2D eigenvalue weighted by Gasteiger charge is 2.20. The van der Waals surface area contributed by atoms with Gasteiger partial charge in [-0.2, -0.15) is 0 Å². The molecule has 0 aliphatic carbocycles. The largest absolute Gasteiger partial charge is 0.347 e. The number of nitrogens with zero attached hydrogens (tertiary/aromatic N) is 4. The first-order valence-electron chi connectivity index (χ1n) is 9.40. The zero-order valence-corrected chi connectivity index (χ0v) is 17.0. The Balaban J connectivity index is 2.05. The lowest BCUT2D eigenvalue weighted by atomic mass is 9.93. The van der Waals surface area contributed by atoms with Gasteiger partial charge < -0.3 is 9.47 Å². The van der Waals surface area contributed by atoms with E-state index in [1.54, 1.807) is 19.0 Å². The molecule has 0 spiro atoms. The van der Waals surface area contributed by atoms with E-state index in [2.05, 4.69) is 36.8 Å². The molecule has 0 N–H and O–H groups in total. The van der Waals surface area contributed by atoms with Crippen molar-refractivity contribution in [3.05, 3.63) is 59.3 Å². The van der Waals surface area contributed by atoms with Crippen LogP contribution in [0.1, 0.15) is 55.1 Å². The number of aromatic nitrogens is 3. The van der Waals surface area contributed by atoms with E-state index in [-0.39, 0.29) is 11.9 Å². The predicted octanol–water partition coefficient (Wildman–Crippen LogP) is 4.10. The summed E-state index contributed by atoms with van der Waals surface area (Å²) >= 11 is 0. The molecule has 27 heavy (non-hydrogen) atoms. The minimum absolute atomic E-state index is 0.0814. The van der Waals surface area contributed by atoms with Crippen molar-refractivity contribution in [2.75, 3.05) is 14.1 Å². The van der Waals surface area contributed by atoms with Crippen molar-refractivity contribution in [3.63, 3.8) is 0 Å². The average Bonchev–Trinajstić information content (AvgIpc) is 3.06. The van der Waals surface area contributed by atoms with Crippen molar-refractivity contribution in [1.29, 1.82) is 0 Å². The van der Waals surface area contributed by atoms with E-state index < -0.39 is 0 Å². The second kappa shape index (κ2) is 7.51. The number of amides is 1. The summed E-state index contributed by atoms with van der Waals surface area (Å²) in [5.41, 5.74) is 5.83. The van der Waals surface area contributed by atoms with Crippen LogP contribution in [0.15, 0.2) is 36.9 Å². The Hall–Kier alpha value is -2.69. The molecule has 0 fully saturated rings. The maximum absolute atomic E-state index is 12.4. The van der Waals surface area contributed by atoms with Gasteiger partial charge in [0.25, 0.3) is 0 Å². The zero-order valence-electron chi connectivity index (χ0n) is 17.0. The van der Waals surface area contributed by atoms with Crippen molar-refractivity contribution in [3.8, 4) is 0 Å². The SMILES string of the molecule is Cc1cncc(C(C)C)c1Cc1nccc2c1ccn2C(C)C(=O)N(C)C. The maximum atomic E-state index is 12.4. The Bertz CT molecular complexity index is 972. The van der Waals surface area contributed by atoms with Crippen LogP contribution in [0, 0.1) is 6.92 Å². The number of carbonyl (C=O) groups is 1. The van der Waals surface area contributed by atoms with E-state index >= 15 is 0 Å². The van der Waals surface area contributed by atoms with E-state index in [4.69, 9.17) is 0 Å². The lowest BCUT2D eigenvalue weighted by Crippen LogP contribution is -2.29. The van der Waals surface area contributed by atoms with Crippen molar-refractivity contribution >= 4 is 16.8 Å². The summed E-state index contributed by atoms with van der Waals surface area (Å²) in [5.74, 6) is 0.492. The molecule has 0 saturated heterocycles. The van der Waals surface area contributed by atoms with Gasteiger partial charge in [-0.1, -0.05) is 13.8 Å². The van der Waals surface area contributed by atoms with Crippen molar-refractivity contribution < 1.29 is 4.79 Å². The zero-order chi connectivity index (χ0) is 19.7. The van der Waals surface area contributed by atoms with Crippen molar-refractivity contribution in [2.24, 2.45) is 0 Å². The molecule has 0 bridgehead atoms. The topological polar surface area (TPSA) is 51.0 Å². The Kier molecular flexibility index (Phi) is 5.31. The molecule has 0 saturated carbocycles. The number of rotatable bonds is 5. The number of hydrogen-bond acceptors (Lipinski definition) is 3. The standard InChI is InChI=1S/C22H28N4O/c1-14(2)19-13-23-12-15(3)18(19)11-20-17-8-10-26(21(17)7-9-24-20)16(4)22(27)25(5)6/h7-10,12-14,16H,11H2,1-6H3. The van der Waals surface area contributed by atoms with Gasteiger partial charge in [0, 0.05) is 50.7 Å². The second-order valence-corrected chi connectivity index (χ2v) is 7.68. The van der Waals surface area contributed by atoms with Gasteiger partial charge in [-0.05, 0) is 48.6 Å². The van der Waals surface area contributed by atoms with Gasteiger partial charge in [-0.15, -0.1) is 0 Å². The second-order valence-electron chi connectivity index (χ2n) is 7.68. The first-order valence-corrected chi connectivity index (χ1v) is 9.40. The van der Waals surface area contributed by atoms with Crippen LogP contribution in [-0.2, 0) is 11.2 Å². The Labute approximate surface area is 161 Å². The predicted molar refractivity (Wildman–Crippen MR) is 109 cm³/mol. The molecule has 3 rings (SSSR count).